The molecule has 1 aliphatic heterocycles. The van der Waals surface area contributed by atoms with E-state index in [-0.39, 0.29) is 11.4 Å². The Hall–Kier alpha value is -2.66. The fourth-order valence-electron chi connectivity index (χ4n) is 2.23. The molecule has 2 heterocycles. The minimum atomic E-state index is -5.05. The zero-order valence-corrected chi connectivity index (χ0v) is 13.5. The van der Waals surface area contributed by atoms with Crippen LogP contribution < -0.4 is 16.7 Å². The highest BCUT2D eigenvalue weighted by Crippen LogP contribution is 2.28. The lowest BCUT2D eigenvalue weighted by Gasteiger charge is -2.17. The molecule has 1 saturated heterocycles. The summed E-state index contributed by atoms with van der Waals surface area (Å²) in [5.41, 5.74) is 4.49. The quantitative estimate of drug-likeness (QED) is 0.352. The van der Waals surface area contributed by atoms with Crippen molar-refractivity contribution >= 4 is 11.7 Å². The molecule has 4 unspecified atom stereocenters. The van der Waals surface area contributed by atoms with E-state index in [4.69, 9.17) is 15.6 Å². The van der Waals surface area contributed by atoms with Gasteiger partial charge in [0.1, 0.15) is 24.1 Å². The first-order valence-electron chi connectivity index (χ1n) is 7.41. The third-order valence-corrected chi connectivity index (χ3v) is 3.59. The number of halogens is 3. The number of hydrogen-bond acceptors (Lipinski definition) is 8. The number of nitrogens with zero attached hydrogens (tertiary/aromatic N) is 2. The molecule has 0 radical (unpaired) electrons. The van der Waals surface area contributed by atoms with Crippen LogP contribution in [0.3, 0.4) is 0 Å². The number of aliphatic hydroxyl groups is 3. The van der Waals surface area contributed by atoms with E-state index >= 15 is 0 Å². The third-order valence-electron chi connectivity index (χ3n) is 3.59. The van der Waals surface area contributed by atoms with E-state index in [1.165, 1.54) is 5.32 Å². The van der Waals surface area contributed by atoms with Crippen molar-refractivity contribution < 1.29 is 38.0 Å². The van der Waals surface area contributed by atoms with Crippen LogP contribution in [0.1, 0.15) is 11.8 Å². The van der Waals surface area contributed by atoms with Crippen molar-refractivity contribution in [3.05, 3.63) is 22.2 Å². The molecule has 13 heteroatoms. The van der Waals surface area contributed by atoms with E-state index in [1.54, 1.807) is 0 Å². The van der Waals surface area contributed by atoms with Crippen LogP contribution in [-0.2, 0) is 9.53 Å². The molecule has 1 amide bonds. The Morgan fingerprint density at radius 3 is 2.63 bits per heavy atom. The topological polar surface area (TPSA) is 160 Å². The van der Waals surface area contributed by atoms with Crippen LogP contribution in [-0.4, -0.2) is 68.4 Å². The first-order chi connectivity index (χ1) is 12.6. The molecule has 1 aromatic heterocycles. The van der Waals surface area contributed by atoms with E-state index in [2.05, 4.69) is 16.8 Å². The van der Waals surface area contributed by atoms with Crippen LogP contribution in [0, 0.1) is 11.8 Å². The Bertz CT molecular complexity index is 831. The van der Waals surface area contributed by atoms with Gasteiger partial charge in [0.05, 0.1) is 18.7 Å². The average molecular weight is 392 g/mol. The number of rotatable bonds is 3. The third kappa shape index (κ3) is 4.55. The van der Waals surface area contributed by atoms with Crippen molar-refractivity contribution in [1.82, 2.24) is 14.9 Å². The van der Waals surface area contributed by atoms with Gasteiger partial charge in [-0.3, -0.25) is 9.36 Å². The summed E-state index contributed by atoms with van der Waals surface area (Å²) < 4.78 is 42.1. The molecule has 0 bridgehead atoms. The summed E-state index contributed by atoms with van der Waals surface area (Å²) in [6.07, 6.45) is -9.56. The Labute approximate surface area is 149 Å². The average Bonchev–Trinajstić information content (AvgIpc) is 2.87. The van der Waals surface area contributed by atoms with Gasteiger partial charge >= 0.3 is 17.8 Å². The summed E-state index contributed by atoms with van der Waals surface area (Å²) in [6.45, 7) is -1.26. The van der Waals surface area contributed by atoms with E-state index in [9.17, 15) is 33.0 Å². The Morgan fingerprint density at radius 2 is 2.07 bits per heavy atom. The number of nitrogen functional groups attached to an aromatic ring is 1. The van der Waals surface area contributed by atoms with Crippen LogP contribution in [0.25, 0.3) is 0 Å². The van der Waals surface area contributed by atoms with Crippen LogP contribution >= 0.6 is 0 Å². The molecule has 10 nitrogen and oxygen atoms in total. The van der Waals surface area contributed by atoms with Gasteiger partial charge in [0, 0.05) is 6.20 Å². The monoisotopic (exact) mass is 392 g/mol. The van der Waals surface area contributed by atoms with Gasteiger partial charge in [0.25, 0.3) is 0 Å². The van der Waals surface area contributed by atoms with E-state index in [1.807, 2.05) is 0 Å². The number of carbonyl (C=O) groups is 1. The second-order valence-electron chi connectivity index (χ2n) is 5.44. The number of aromatic nitrogens is 2. The summed E-state index contributed by atoms with van der Waals surface area (Å²) in [5.74, 6) is 2.04. The van der Waals surface area contributed by atoms with Gasteiger partial charge in [-0.2, -0.15) is 18.2 Å². The minimum Gasteiger partial charge on any atom is -0.394 e. The Balaban J connectivity index is 2.21. The van der Waals surface area contributed by atoms with Gasteiger partial charge in [0.2, 0.25) is 0 Å². The molecule has 1 aromatic rings. The molecule has 27 heavy (non-hydrogen) atoms. The maximum Gasteiger partial charge on any atom is 0.471 e. The van der Waals surface area contributed by atoms with E-state index in [0.29, 0.717) is 0 Å². The number of hydrogen-bond donors (Lipinski definition) is 5. The maximum atomic E-state index is 12.1. The van der Waals surface area contributed by atoms with Crippen molar-refractivity contribution in [3.63, 3.8) is 0 Å². The molecule has 148 valence electrons. The summed E-state index contributed by atoms with van der Waals surface area (Å²) >= 11 is 0. The molecule has 1 fully saturated rings. The molecule has 0 aliphatic carbocycles. The van der Waals surface area contributed by atoms with Crippen molar-refractivity contribution in [2.75, 3.05) is 18.9 Å². The Morgan fingerprint density at radius 1 is 1.41 bits per heavy atom. The van der Waals surface area contributed by atoms with Crippen molar-refractivity contribution in [2.45, 2.75) is 30.7 Å². The number of aliphatic hydroxyl groups excluding tert-OH is 3. The number of amides is 1. The fraction of sp³-hybridized carbons (Fsp3) is 0.500. The second-order valence-corrected chi connectivity index (χ2v) is 5.44. The van der Waals surface area contributed by atoms with Crippen molar-refractivity contribution in [1.29, 1.82) is 0 Å². The second kappa shape index (κ2) is 7.92. The number of carbonyl (C=O) groups excluding carboxylic acids is 1. The smallest absolute Gasteiger partial charge is 0.394 e. The normalized spacial score (nSPS) is 25.0. The van der Waals surface area contributed by atoms with Gasteiger partial charge in [0.15, 0.2) is 6.23 Å². The largest absolute Gasteiger partial charge is 0.471 e. The predicted octanol–water partition coefficient (Wildman–Crippen LogP) is -2.53. The highest BCUT2D eigenvalue weighted by atomic mass is 19.4. The maximum absolute atomic E-state index is 12.1. The summed E-state index contributed by atoms with van der Waals surface area (Å²) in [7, 11) is 0. The fourth-order valence-corrected chi connectivity index (χ4v) is 2.23. The van der Waals surface area contributed by atoms with Crippen LogP contribution in [0.5, 0.6) is 0 Å². The molecule has 0 aromatic carbocycles. The SMILES string of the molecule is Nc1nc(=O)n(C2OC(CO)C(O)C2O)cc1C#CCNC(=O)C(F)(F)F. The van der Waals surface area contributed by atoms with Crippen LogP contribution in [0.4, 0.5) is 19.0 Å². The van der Waals surface area contributed by atoms with Gasteiger partial charge < -0.3 is 31.1 Å². The van der Waals surface area contributed by atoms with Gasteiger partial charge in [-0.1, -0.05) is 11.8 Å². The zero-order chi connectivity index (χ0) is 20.4. The number of nitrogens with two attached hydrogens (primary N) is 1. The standard InChI is InChI=1S/C14H15F3N4O6/c15-14(16,17)12(25)19-3-1-2-6-4-21(13(26)20-10(6)18)11-9(24)8(23)7(5-22)27-11/h4,7-9,11,22-24H,3,5H2,(H,19,25)(H2,18,20,26). The van der Waals surface area contributed by atoms with Gasteiger partial charge in [-0.25, -0.2) is 4.79 Å². The summed E-state index contributed by atoms with van der Waals surface area (Å²) in [4.78, 5) is 26.1. The highest BCUT2D eigenvalue weighted by molar-refractivity contribution is 5.81. The lowest BCUT2D eigenvalue weighted by atomic mass is 10.1. The van der Waals surface area contributed by atoms with Gasteiger partial charge in [-0.05, 0) is 0 Å². The van der Waals surface area contributed by atoms with Crippen molar-refractivity contribution in [3.8, 4) is 11.8 Å². The van der Waals surface area contributed by atoms with E-state index < -0.39 is 55.5 Å². The number of alkyl halides is 3. The van der Waals surface area contributed by atoms with Crippen molar-refractivity contribution in [2.24, 2.45) is 0 Å². The Kier molecular flexibility index (Phi) is 6.06. The highest BCUT2D eigenvalue weighted by Gasteiger charge is 2.44. The minimum absolute atomic E-state index is 0.0893. The summed E-state index contributed by atoms with van der Waals surface area (Å²) in [6, 6.07) is 0. The lowest BCUT2D eigenvalue weighted by molar-refractivity contribution is -0.173. The number of nitrogens with one attached hydrogen (secondary N) is 1. The molecule has 0 spiro atoms. The first-order valence-corrected chi connectivity index (χ1v) is 7.41. The van der Waals surface area contributed by atoms with E-state index in [0.717, 1.165) is 10.8 Å². The molecular formula is C14H15F3N4O6. The first kappa shape index (κ1) is 20.6. The predicted molar refractivity (Wildman–Crippen MR) is 81.9 cm³/mol. The van der Waals surface area contributed by atoms with Crippen LogP contribution in [0.2, 0.25) is 0 Å². The molecule has 0 saturated carbocycles. The zero-order valence-electron chi connectivity index (χ0n) is 13.5. The molecule has 6 N–H and O–H groups in total. The molecule has 4 atom stereocenters. The summed E-state index contributed by atoms with van der Waals surface area (Å²) in [5, 5.41) is 30.3. The number of anilines is 1. The van der Waals surface area contributed by atoms with Gasteiger partial charge in [-0.15, -0.1) is 0 Å². The molecule has 1 aliphatic rings. The molecular weight excluding hydrogens is 377 g/mol. The lowest BCUT2D eigenvalue weighted by Crippen LogP contribution is -2.37. The van der Waals surface area contributed by atoms with Crippen LogP contribution in [0.15, 0.2) is 11.0 Å². The molecule has 2 rings (SSSR count). The number of ether oxygens (including phenoxy) is 1.